The number of thiazole rings is 1. The van der Waals surface area contributed by atoms with Gasteiger partial charge in [0, 0.05) is 29.3 Å². The number of carbonyl (C=O) groups is 2. The van der Waals surface area contributed by atoms with Crippen LogP contribution >= 0.6 is 11.3 Å². The molecule has 0 aliphatic carbocycles. The van der Waals surface area contributed by atoms with Crippen LogP contribution in [0, 0.1) is 13.8 Å². The van der Waals surface area contributed by atoms with Crippen LogP contribution in [0.2, 0.25) is 0 Å². The Bertz CT molecular complexity index is 1090. The molecule has 0 saturated carbocycles. The first-order chi connectivity index (χ1) is 14.9. The average molecular weight is 436 g/mol. The molecule has 3 rings (SSSR count). The summed E-state index contributed by atoms with van der Waals surface area (Å²) in [5.41, 5.74) is 3.79. The minimum absolute atomic E-state index is 0.166. The van der Waals surface area contributed by atoms with Gasteiger partial charge >= 0.3 is 0 Å². The predicted octanol–water partition coefficient (Wildman–Crippen LogP) is 4.74. The smallest absolute Gasteiger partial charge is 0.251 e. The monoisotopic (exact) mass is 435 g/mol. The van der Waals surface area contributed by atoms with E-state index in [4.69, 9.17) is 4.74 Å². The van der Waals surface area contributed by atoms with Crippen molar-refractivity contribution in [3.05, 3.63) is 81.3 Å². The summed E-state index contributed by atoms with van der Waals surface area (Å²) < 4.78 is 5.73. The molecule has 1 aromatic heterocycles. The van der Waals surface area contributed by atoms with Crippen molar-refractivity contribution in [2.45, 2.75) is 27.4 Å². The molecule has 0 bridgehead atoms. The molecular weight excluding hydrogens is 410 g/mol. The number of nitrogens with zero attached hydrogens (tertiary/aromatic N) is 1. The van der Waals surface area contributed by atoms with Crippen LogP contribution in [0.5, 0.6) is 5.75 Å². The molecule has 0 aliphatic rings. The van der Waals surface area contributed by atoms with Gasteiger partial charge in [0.15, 0.2) is 0 Å². The quantitative estimate of drug-likeness (QED) is 0.501. The molecule has 2 N–H and O–H groups in total. The first kappa shape index (κ1) is 22.2. The van der Waals surface area contributed by atoms with Gasteiger partial charge in [-0.15, -0.1) is 11.3 Å². The summed E-state index contributed by atoms with van der Waals surface area (Å²) in [5, 5.41) is 8.59. The van der Waals surface area contributed by atoms with Gasteiger partial charge in [0.05, 0.1) is 10.7 Å². The van der Waals surface area contributed by atoms with Gasteiger partial charge in [-0.05, 0) is 62.2 Å². The standard InChI is InChI=1S/C24H25N3O3S/c1-4-25-24(29)19-9-5-16(2)22(13-19)27-23(28)12-8-18-6-10-21(11-7-18)30-14-20-15-31-17(3)26-20/h5-13,15H,4,14H2,1-3H3,(H,25,29)(H,27,28)/b12-8+. The lowest BCUT2D eigenvalue weighted by atomic mass is 10.1. The Balaban J connectivity index is 1.57. The molecule has 160 valence electrons. The molecule has 2 amide bonds. The Kier molecular flexibility index (Phi) is 7.56. The summed E-state index contributed by atoms with van der Waals surface area (Å²) >= 11 is 1.60. The molecule has 6 nitrogen and oxygen atoms in total. The fourth-order valence-corrected chi connectivity index (χ4v) is 3.41. The van der Waals surface area contributed by atoms with E-state index in [1.165, 1.54) is 6.08 Å². The minimum atomic E-state index is -0.268. The van der Waals surface area contributed by atoms with E-state index in [1.807, 2.05) is 56.5 Å². The number of ether oxygens (including phenoxy) is 1. The molecule has 0 unspecified atom stereocenters. The van der Waals surface area contributed by atoms with Crippen LogP contribution < -0.4 is 15.4 Å². The SMILES string of the molecule is CCNC(=O)c1ccc(C)c(NC(=O)/C=C/c2ccc(OCc3csc(C)n3)cc2)c1. The number of carbonyl (C=O) groups excluding carboxylic acids is 2. The van der Waals surface area contributed by atoms with Gasteiger partial charge in [0.25, 0.3) is 5.91 Å². The third-order valence-corrected chi connectivity index (χ3v) is 5.28. The van der Waals surface area contributed by atoms with Crippen molar-refractivity contribution in [1.82, 2.24) is 10.3 Å². The van der Waals surface area contributed by atoms with E-state index in [9.17, 15) is 9.59 Å². The maximum Gasteiger partial charge on any atom is 0.251 e. The zero-order chi connectivity index (χ0) is 22.2. The first-order valence-corrected chi connectivity index (χ1v) is 10.8. The van der Waals surface area contributed by atoms with Gasteiger partial charge < -0.3 is 15.4 Å². The first-order valence-electron chi connectivity index (χ1n) is 9.96. The molecule has 0 spiro atoms. The van der Waals surface area contributed by atoms with Gasteiger partial charge in [0.1, 0.15) is 12.4 Å². The van der Waals surface area contributed by atoms with Gasteiger partial charge in [0.2, 0.25) is 5.91 Å². The lowest BCUT2D eigenvalue weighted by molar-refractivity contribution is -0.111. The second kappa shape index (κ2) is 10.5. The largest absolute Gasteiger partial charge is 0.487 e. The lowest BCUT2D eigenvalue weighted by Gasteiger charge is -2.09. The van der Waals surface area contributed by atoms with Crippen molar-refractivity contribution in [2.75, 3.05) is 11.9 Å². The molecule has 3 aromatic rings. The average Bonchev–Trinajstić information content (AvgIpc) is 3.18. The summed E-state index contributed by atoms with van der Waals surface area (Å²) in [6.07, 6.45) is 3.19. The molecule has 7 heteroatoms. The van der Waals surface area contributed by atoms with E-state index in [-0.39, 0.29) is 11.8 Å². The van der Waals surface area contributed by atoms with Gasteiger partial charge in [-0.3, -0.25) is 9.59 Å². The Hall–Kier alpha value is -3.45. The van der Waals surface area contributed by atoms with E-state index >= 15 is 0 Å². The Morgan fingerprint density at radius 2 is 1.90 bits per heavy atom. The summed E-state index contributed by atoms with van der Waals surface area (Å²) in [4.78, 5) is 28.7. The van der Waals surface area contributed by atoms with Gasteiger partial charge in [-0.25, -0.2) is 4.98 Å². The molecule has 1 heterocycles. The second-order valence-electron chi connectivity index (χ2n) is 6.93. The fourth-order valence-electron chi connectivity index (χ4n) is 2.81. The number of anilines is 1. The number of aryl methyl sites for hydroxylation is 2. The molecule has 31 heavy (non-hydrogen) atoms. The third kappa shape index (κ3) is 6.52. The molecule has 0 aliphatic heterocycles. The summed E-state index contributed by atoms with van der Waals surface area (Å²) in [6, 6.07) is 12.7. The normalized spacial score (nSPS) is 10.8. The zero-order valence-corrected chi connectivity index (χ0v) is 18.6. The van der Waals surface area contributed by atoms with Gasteiger partial charge in [-0.2, -0.15) is 0 Å². The predicted molar refractivity (Wildman–Crippen MR) is 124 cm³/mol. The van der Waals surface area contributed by atoms with Crippen molar-refractivity contribution < 1.29 is 14.3 Å². The van der Waals surface area contributed by atoms with Crippen LogP contribution in [0.1, 0.15) is 39.1 Å². The van der Waals surface area contributed by atoms with Crippen molar-refractivity contribution in [3.8, 4) is 5.75 Å². The van der Waals surface area contributed by atoms with Crippen molar-refractivity contribution in [3.63, 3.8) is 0 Å². The van der Waals surface area contributed by atoms with E-state index in [0.29, 0.717) is 24.4 Å². The van der Waals surface area contributed by atoms with Gasteiger partial charge in [-0.1, -0.05) is 18.2 Å². The summed E-state index contributed by atoms with van der Waals surface area (Å²) in [5.74, 6) is 0.307. The molecule has 0 radical (unpaired) electrons. The van der Waals surface area contributed by atoms with E-state index in [1.54, 1.807) is 29.5 Å². The van der Waals surface area contributed by atoms with Crippen LogP contribution in [-0.2, 0) is 11.4 Å². The number of rotatable bonds is 8. The maximum atomic E-state index is 12.3. The number of benzene rings is 2. The van der Waals surface area contributed by atoms with Crippen LogP contribution in [0.4, 0.5) is 5.69 Å². The number of hydrogen-bond donors (Lipinski definition) is 2. The van der Waals surface area contributed by atoms with Crippen molar-refractivity contribution in [2.24, 2.45) is 0 Å². The van der Waals surface area contributed by atoms with Crippen LogP contribution in [-0.4, -0.2) is 23.3 Å². The van der Waals surface area contributed by atoms with Crippen LogP contribution in [0.25, 0.3) is 6.08 Å². The summed E-state index contributed by atoms with van der Waals surface area (Å²) in [6.45, 7) is 6.68. The van der Waals surface area contributed by atoms with Crippen molar-refractivity contribution in [1.29, 1.82) is 0 Å². The van der Waals surface area contributed by atoms with E-state index in [2.05, 4.69) is 15.6 Å². The van der Waals surface area contributed by atoms with E-state index < -0.39 is 0 Å². The Morgan fingerprint density at radius 1 is 1.13 bits per heavy atom. The molecule has 0 atom stereocenters. The lowest BCUT2D eigenvalue weighted by Crippen LogP contribution is -2.23. The third-order valence-electron chi connectivity index (χ3n) is 4.46. The molecular formula is C24H25N3O3S. The number of nitrogens with one attached hydrogen (secondary N) is 2. The van der Waals surface area contributed by atoms with Crippen molar-refractivity contribution >= 4 is 34.9 Å². The van der Waals surface area contributed by atoms with E-state index in [0.717, 1.165) is 27.6 Å². The molecule has 0 fully saturated rings. The Morgan fingerprint density at radius 3 is 2.58 bits per heavy atom. The number of hydrogen-bond acceptors (Lipinski definition) is 5. The topological polar surface area (TPSA) is 80.3 Å². The summed E-state index contributed by atoms with van der Waals surface area (Å²) in [7, 11) is 0. The minimum Gasteiger partial charge on any atom is -0.487 e. The second-order valence-corrected chi connectivity index (χ2v) is 7.99. The molecule has 0 saturated heterocycles. The van der Waals surface area contributed by atoms with Crippen LogP contribution in [0.3, 0.4) is 0 Å². The van der Waals surface area contributed by atoms with Crippen LogP contribution in [0.15, 0.2) is 53.9 Å². The fraction of sp³-hybridized carbons (Fsp3) is 0.208. The highest BCUT2D eigenvalue weighted by Gasteiger charge is 2.08. The zero-order valence-electron chi connectivity index (χ0n) is 17.8. The number of aromatic nitrogens is 1. The maximum absolute atomic E-state index is 12.3. The highest BCUT2D eigenvalue weighted by molar-refractivity contribution is 7.09. The Labute approximate surface area is 186 Å². The highest BCUT2D eigenvalue weighted by Crippen LogP contribution is 2.18. The molecule has 2 aromatic carbocycles. The highest BCUT2D eigenvalue weighted by atomic mass is 32.1. The number of amides is 2.